The standard InChI is InChI=1S/C27H42N4O3S2.2ClH/c1-34-23-9-5-8-20(13-23)12-22-14-21(10-11-28-22)30-27(33)25(31-26(32)24-16-36-18-29-24)17-35-15-19-6-3-2-4-7-19;;/h5,8-9,13,19,21-22,24-25,28-29H,2-4,6-7,10-12,14-18H2,1H3,(H,30,33)(H,31,32);2*1H/t21?,22?,24-,25-;;/m0../s1. The number of ether oxygens (including phenoxy) is 1. The minimum absolute atomic E-state index is 0. The van der Waals surface area contributed by atoms with E-state index in [9.17, 15) is 9.59 Å². The van der Waals surface area contributed by atoms with Crippen LogP contribution in [0.5, 0.6) is 5.75 Å². The van der Waals surface area contributed by atoms with Crippen LogP contribution in [-0.4, -0.2) is 72.8 Å². The number of benzene rings is 1. The monoisotopic (exact) mass is 606 g/mol. The predicted octanol–water partition coefficient (Wildman–Crippen LogP) is 3.78. The van der Waals surface area contributed by atoms with Crippen LogP contribution < -0.4 is 26.0 Å². The summed E-state index contributed by atoms with van der Waals surface area (Å²) in [4.78, 5) is 26.2. The zero-order valence-corrected chi connectivity index (χ0v) is 25.5. The van der Waals surface area contributed by atoms with E-state index in [1.165, 1.54) is 37.7 Å². The molecule has 11 heteroatoms. The van der Waals surface area contributed by atoms with E-state index in [1.807, 2.05) is 23.9 Å². The van der Waals surface area contributed by atoms with Crippen molar-refractivity contribution < 1.29 is 14.3 Å². The number of piperidine rings is 1. The molecule has 1 aromatic rings. The Morgan fingerprint density at radius 1 is 1.16 bits per heavy atom. The average Bonchev–Trinajstić information content (AvgIpc) is 3.44. The average molecular weight is 608 g/mol. The third-order valence-corrected chi connectivity index (χ3v) is 9.70. The Morgan fingerprint density at radius 2 is 1.97 bits per heavy atom. The van der Waals surface area contributed by atoms with Crippen LogP contribution >= 0.6 is 48.3 Å². The summed E-state index contributed by atoms with van der Waals surface area (Å²) in [6.45, 7) is 0.871. The van der Waals surface area contributed by atoms with Gasteiger partial charge in [0.2, 0.25) is 11.8 Å². The van der Waals surface area contributed by atoms with Gasteiger partial charge in [-0.1, -0.05) is 31.4 Å². The number of carbonyl (C=O) groups excluding carboxylic acids is 2. The summed E-state index contributed by atoms with van der Waals surface area (Å²) >= 11 is 3.54. The maximum Gasteiger partial charge on any atom is 0.243 e. The van der Waals surface area contributed by atoms with E-state index in [0.29, 0.717) is 11.8 Å². The Bertz CT molecular complexity index is 857. The summed E-state index contributed by atoms with van der Waals surface area (Å²) in [7, 11) is 1.69. The molecule has 4 atom stereocenters. The Hall–Kier alpha value is -0.840. The summed E-state index contributed by atoms with van der Waals surface area (Å²) < 4.78 is 5.36. The van der Waals surface area contributed by atoms with E-state index in [2.05, 4.69) is 33.4 Å². The van der Waals surface area contributed by atoms with E-state index >= 15 is 0 Å². The fourth-order valence-electron chi connectivity index (χ4n) is 5.40. The van der Waals surface area contributed by atoms with Crippen LogP contribution in [-0.2, 0) is 16.0 Å². The van der Waals surface area contributed by atoms with Gasteiger partial charge in [0.1, 0.15) is 11.8 Å². The lowest BCUT2D eigenvalue weighted by Crippen LogP contribution is -2.56. The zero-order chi connectivity index (χ0) is 25.2. The molecule has 2 aliphatic heterocycles. The van der Waals surface area contributed by atoms with Gasteiger partial charge in [-0.25, -0.2) is 0 Å². The molecule has 0 radical (unpaired) electrons. The SMILES string of the molecule is COc1cccc(CC2CC(NC(=O)[C@H](CSCC3CCCCC3)NC(=O)[C@@H]3CSCN3)CCN2)c1.Cl.Cl. The molecule has 1 saturated carbocycles. The number of methoxy groups -OCH3 is 1. The number of nitrogens with one attached hydrogen (secondary N) is 4. The van der Waals surface area contributed by atoms with E-state index in [1.54, 1.807) is 18.9 Å². The molecule has 0 aromatic heterocycles. The number of carbonyl (C=O) groups is 2. The Morgan fingerprint density at radius 3 is 2.71 bits per heavy atom. The summed E-state index contributed by atoms with van der Waals surface area (Å²) in [6.07, 6.45) is 9.26. The molecular formula is C27H44Cl2N4O3S2. The molecule has 0 bridgehead atoms. The number of hydrogen-bond acceptors (Lipinski definition) is 7. The molecule has 3 aliphatic rings. The lowest BCUT2D eigenvalue weighted by molar-refractivity contribution is -0.129. The largest absolute Gasteiger partial charge is 0.497 e. The Labute approximate surface area is 248 Å². The van der Waals surface area contributed by atoms with Crippen molar-refractivity contribution in [2.45, 2.75) is 75.5 Å². The van der Waals surface area contributed by atoms with Crippen molar-refractivity contribution in [2.24, 2.45) is 5.92 Å². The molecule has 4 rings (SSSR count). The third-order valence-electron chi connectivity index (χ3n) is 7.49. The van der Waals surface area contributed by atoms with Crippen LogP contribution in [0, 0.1) is 5.92 Å². The first-order valence-electron chi connectivity index (χ1n) is 13.5. The molecule has 7 nitrogen and oxygen atoms in total. The van der Waals surface area contributed by atoms with Crippen LogP contribution in [0.1, 0.15) is 50.5 Å². The van der Waals surface area contributed by atoms with Gasteiger partial charge in [0.25, 0.3) is 0 Å². The lowest BCUT2D eigenvalue weighted by atomic mass is 9.91. The molecule has 1 aliphatic carbocycles. The number of thioether (sulfide) groups is 2. The number of amides is 2. The first kappa shape index (κ1) is 33.4. The second-order valence-electron chi connectivity index (χ2n) is 10.3. The van der Waals surface area contributed by atoms with Crippen molar-refractivity contribution in [1.82, 2.24) is 21.3 Å². The van der Waals surface area contributed by atoms with Gasteiger partial charge >= 0.3 is 0 Å². The van der Waals surface area contributed by atoms with Crippen LogP contribution in [0.4, 0.5) is 0 Å². The van der Waals surface area contributed by atoms with Gasteiger partial charge < -0.3 is 20.7 Å². The highest BCUT2D eigenvalue weighted by Gasteiger charge is 2.30. The van der Waals surface area contributed by atoms with Crippen molar-refractivity contribution in [3.63, 3.8) is 0 Å². The smallest absolute Gasteiger partial charge is 0.243 e. The van der Waals surface area contributed by atoms with Crippen molar-refractivity contribution in [1.29, 1.82) is 0 Å². The van der Waals surface area contributed by atoms with Gasteiger partial charge in [-0.3, -0.25) is 14.9 Å². The van der Waals surface area contributed by atoms with Crippen molar-refractivity contribution >= 4 is 60.2 Å². The fraction of sp³-hybridized carbons (Fsp3) is 0.704. The van der Waals surface area contributed by atoms with E-state index in [4.69, 9.17) is 4.74 Å². The topological polar surface area (TPSA) is 91.5 Å². The molecular weight excluding hydrogens is 563 g/mol. The van der Waals surface area contributed by atoms with Crippen molar-refractivity contribution in [2.75, 3.05) is 36.8 Å². The van der Waals surface area contributed by atoms with Gasteiger partial charge in [0.15, 0.2) is 0 Å². The Kier molecular flexibility index (Phi) is 15.6. The summed E-state index contributed by atoms with van der Waals surface area (Å²) in [5.74, 6) is 4.77. The van der Waals surface area contributed by atoms with E-state index in [-0.39, 0.29) is 48.7 Å². The molecule has 2 unspecified atom stereocenters. The molecule has 1 aromatic carbocycles. The van der Waals surface area contributed by atoms with Crippen LogP contribution in [0.3, 0.4) is 0 Å². The lowest BCUT2D eigenvalue weighted by Gasteiger charge is -2.32. The van der Waals surface area contributed by atoms with Gasteiger partial charge in [-0.05, 0) is 68.0 Å². The van der Waals surface area contributed by atoms with Crippen LogP contribution in [0.25, 0.3) is 0 Å². The highest BCUT2D eigenvalue weighted by Crippen LogP contribution is 2.27. The first-order chi connectivity index (χ1) is 17.6. The van der Waals surface area contributed by atoms with Gasteiger partial charge in [0.05, 0.1) is 13.2 Å². The van der Waals surface area contributed by atoms with Crippen molar-refractivity contribution in [3.05, 3.63) is 29.8 Å². The maximum atomic E-state index is 13.4. The molecule has 4 N–H and O–H groups in total. The van der Waals surface area contributed by atoms with E-state index < -0.39 is 6.04 Å². The molecule has 3 fully saturated rings. The number of hydrogen-bond donors (Lipinski definition) is 4. The third kappa shape index (κ3) is 10.6. The normalized spacial score (nSPS) is 24.4. The minimum Gasteiger partial charge on any atom is -0.497 e. The molecule has 216 valence electrons. The maximum absolute atomic E-state index is 13.4. The predicted molar refractivity (Wildman–Crippen MR) is 164 cm³/mol. The van der Waals surface area contributed by atoms with Crippen LogP contribution in [0.15, 0.2) is 24.3 Å². The second-order valence-corrected chi connectivity index (χ2v) is 12.4. The van der Waals surface area contributed by atoms with E-state index in [0.717, 1.165) is 54.9 Å². The van der Waals surface area contributed by atoms with Gasteiger partial charge in [-0.15, -0.1) is 36.6 Å². The molecule has 2 heterocycles. The fourth-order valence-corrected chi connectivity index (χ4v) is 7.62. The molecule has 2 saturated heterocycles. The number of halogens is 2. The summed E-state index contributed by atoms with van der Waals surface area (Å²) in [6, 6.07) is 7.88. The molecule has 0 spiro atoms. The highest BCUT2D eigenvalue weighted by atomic mass is 35.5. The zero-order valence-electron chi connectivity index (χ0n) is 22.2. The molecule has 38 heavy (non-hydrogen) atoms. The van der Waals surface area contributed by atoms with Gasteiger partial charge in [0, 0.05) is 29.5 Å². The quantitative estimate of drug-likeness (QED) is 0.305. The van der Waals surface area contributed by atoms with Crippen LogP contribution in [0.2, 0.25) is 0 Å². The van der Waals surface area contributed by atoms with Crippen molar-refractivity contribution in [3.8, 4) is 5.75 Å². The van der Waals surface area contributed by atoms with Gasteiger partial charge in [-0.2, -0.15) is 11.8 Å². The summed E-state index contributed by atoms with van der Waals surface area (Å²) in [5.41, 5.74) is 1.23. The Balaban J connectivity index is 0.00000253. The highest BCUT2D eigenvalue weighted by molar-refractivity contribution is 7.99. The second kappa shape index (κ2) is 17.8. The summed E-state index contributed by atoms with van der Waals surface area (Å²) in [5, 5.41) is 13.2. The number of rotatable bonds is 11. The molecule has 2 amide bonds. The first-order valence-corrected chi connectivity index (χ1v) is 15.8. The minimum atomic E-state index is -0.495.